The lowest BCUT2D eigenvalue weighted by atomic mass is 10.2. The molecule has 1 heterocycles. The maximum Gasteiger partial charge on any atom is 0.244 e. The highest BCUT2D eigenvalue weighted by Crippen LogP contribution is 2.27. The predicted octanol–water partition coefficient (Wildman–Crippen LogP) is 2.71. The quantitative estimate of drug-likeness (QED) is 0.774. The molecule has 7 nitrogen and oxygen atoms in total. The van der Waals surface area contributed by atoms with Crippen molar-refractivity contribution in [3.05, 3.63) is 30.0 Å². The molecule has 0 aliphatic rings. The van der Waals surface area contributed by atoms with E-state index < -0.39 is 0 Å². The van der Waals surface area contributed by atoms with Crippen molar-refractivity contribution >= 4 is 11.8 Å². The molecule has 0 aliphatic carbocycles. The SMILES string of the molecule is CCC(C)Nc1cnnc(NCc2ccc(OC)c(OC)c2)n1. The number of rotatable bonds is 8. The van der Waals surface area contributed by atoms with Crippen molar-refractivity contribution in [1.82, 2.24) is 15.2 Å². The number of aromatic nitrogens is 3. The summed E-state index contributed by atoms with van der Waals surface area (Å²) in [4.78, 5) is 4.40. The van der Waals surface area contributed by atoms with Gasteiger partial charge >= 0.3 is 0 Å². The van der Waals surface area contributed by atoms with Gasteiger partial charge in [0.2, 0.25) is 5.95 Å². The lowest BCUT2D eigenvalue weighted by Crippen LogP contribution is -2.16. The Kier molecular flexibility index (Phi) is 5.96. The highest BCUT2D eigenvalue weighted by molar-refractivity contribution is 5.44. The fourth-order valence-electron chi connectivity index (χ4n) is 1.97. The average Bonchev–Trinajstić information content (AvgIpc) is 2.59. The van der Waals surface area contributed by atoms with Crippen LogP contribution in [0.3, 0.4) is 0 Å². The standard InChI is InChI=1S/C16H23N5O2/c1-5-11(2)19-15-10-18-21-16(20-15)17-9-12-6-7-13(22-3)14(8-12)23-4/h6-8,10-11H,5,9H2,1-4H3,(H2,17,19,20,21). The first-order valence-corrected chi connectivity index (χ1v) is 7.57. The summed E-state index contributed by atoms with van der Waals surface area (Å²) in [5.74, 6) is 2.59. The number of hydrogen-bond donors (Lipinski definition) is 2. The molecule has 0 bridgehead atoms. The topological polar surface area (TPSA) is 81.2 Å². The molecule has 124 valence electrons. The van der Waals surface area contributed by atoms with Gasteiger partial charge in [0.1, 0.15) is 0 Å². The summed E-state index contributed by atoms with van der Waals surface area (Å²) < 4.78 is 10.5. The van der Waals surface area contributed by atoms with Crippen LogP contribution in [0.15, 0.2) is 24.4 Å². The van der Waals surface area contributed by atoms with Crippen LogP contribution in [0.1, 0.15) is 25.8 Å². The fraction of sp³-hybridized carbons (Fsp3) is 0.438. The van der Waals surface area contributed by atoms with E-state index in [4.69, 9.17) is 9.47 Å². The molecule has 1 aromatic heterocycles. The van der Waals surface area contributed by atoms with Crippen LogP contribution < -0.4 is 20.1 Å². The van der Waals surface area contributed by atoms with Gasteiger partial charge in [-0.3, -0.25) is 0 Å². The Morgan fingerprint density at radius 3 is 2.65 bits per heavy atom. The molecular formula is C16H23N5O2. The largest absolute Gasteiger partial charge is 0.493 e. The van der Waals surface area contributed by atoms with Crippen molar-refractivity contribution < 1.29 is 9.47 Å². The third-order valence-corrected chi connectivity index (χ3v) is 3.46. The second-order valence-corrected chi connectivity index (χ2v) is 5.16. The minimum absolute atomic E-state index is 0.338. The lowest BCUT2D eigenvalue weighted by molar-refractivity contribution is 0.354. The first-order valence-electron chi connectivity index (χ1n) is 7.57. The van der Waals surface area contributed by atoms with Crippen molar-refractivity contribution in [2.45, 2.75) is 32.9 Å². The zero-order chi connectivity index (χ0) is 16.7. The maximum atomic E-state index is 5.30. The van der Waals surface area contributed by atoms with E-state index in [-0.39, 0.29) is 0 Å². The van der Waals surface area contributed by atoms with Gasteiger partial charge in [0.25, 0.3) is 0 Å². The van der Waals surface area contributed by atoms with Crippen LogP contribution >= 0.6 is 0 Å². The molecule has 0 fully saturated rings. The molecule has 2 rings (SSSR count). The molecule has 23 heavy (non-hydrogen) atoms. The van der Waals surface area contributed by atoms with E-state index in [1.54, 1.807) is 20.4 Å². The van der Waals surface area contributed by atoms with Crippen molar-refractivity contribution in [1.29, 1.82) is 0 Å². The smallest absolute Gasteiger partial charge is 0.244 e. The molecule has 2 aromatic rings. The highest BCUT2D eigenvalue weighted by Gasteiger charge is 2.06. The van der Waals surface area contributed by atoms with E-state index in [0.717, 1.165) is 12.0 Å². The summed E-state index contributed by atoms with van der Waals surface area (Å²) >= 11 is 0. The number of hydrogen-bond acceptors (Lipinski definition) is 7. The van der Waals surface area contributed by atoms with Crippen molar-refractivity contribution in [3.8, 4) is 11.5 Å². The van der Waals surface area contributed by atoms with Gasteiger partial charge in [0, 0.05) is 12.6 Å². The van der Waals surface area contributed by atoms with E-state index in [2.05, 4.69) is 39.7 Å². The van der Waals surface area contributed by atoms with Crippen LogP contribution in [0.5, 0.6) is 11.5 Å². The van der Waals surface area contributed by atoms with Crippen molar-refractivity contribution in [2.24, 2.45) is 0 Å². The number of ether oxygens (including phenoxy) is 2. The van der Waals surface area contributed by atoms with Gasteiger partial charge in [-0.2, -0.15) is 10.1 Å². The van der Waals surface area contributed by atoms with Crippen LogP contribution in [-0.4, -0.2) is 35.4 Å². The molecule has 1 aromatic carbocycles. The zero-order valence-corrected chi connectivity index (χ0v) is 14.0. The van der Waals surface area contributed by atoms with Crippen LogP contribution in [0.25, 0.3) is 0 Å². The van der Waals surface area contributed by atoms with E-state index in [1.807, 2.05) is 18.2 Å². The first kappa shape index (κ1) is 16.8. The molecular weight excluding hydrogens is 294 g/mol. The molecule has 1 unspecified atom stereocenters. The zero-order valence-electron chi connectivity index (χ0n) is 14.0. The van der Waals surface area contributed by atoms with Gasteiger partial charge in [0.05, 0.1) is 20.4 Å². The molecule has 0 amide bonds. The average molecular weight is 317 g/mol. The summed E-state index contributed by atoms with van der Waals surface area (Å²) in [6.45, 7) is 4.77. The minimum atomic E-state index is 0.338. The molecule has 0 saturated heterocycles. The van der Waals surface area contributed by atoms with Gasteiger partial charge < -0.3 is 20.1 Å². The van der Waals surface area contributed by atoms with Crippen molar-refractivity contribution in [2.75, 3.05) is 24.9 Å². The number of methoxy groups -OCH3 is 2. The number of anilines is 2. The Hall–Kier alpha value is -2.57. The first-order chi connectivity index (χ1) is 11.2. The summed E-state index contributed by atoms with van der Waals surface area (Å²) in [6.07, 6.45) is 2.63. The molecule has 0 radical (unpaired) electrons. The second kappa shape index (κ2) is 8.17. The molecule has 2 N–H and O–H groups in total. The summed E-state index contributed by atoms with van der Waals surface area (Å²) in [7, 11) is 3.23. The summed E-state index contributed by atoms with van der Waals surface area (Å²) in [6, 6.07) is 6.09. The Labute approximate surface area is 136 Å². The summed E-state index contributed by atoms with van der Waals surface area (Å²) in [5, 5.41) is 14.4. The maximum absolute atomic E-state index is 5.30. The number of nitrogens with one attached hydrogen (secondary N) is 2. The normalized spacial score (nSPS) is 11.7. The van der Waals surface area contributed by atoms with Gasteiger partial charge in [0.15, 0.2) is 17.3 Å². The minimum Gasteiger partial charge on any atom is -0.493 e. The van der Waals surface area contributed by atoms with E-state index in [0.29, 0.717) is 35.9 Å². The Bertz CT molecular complexity index is 636. The van der Waals surface area contributed by atoms with E-state index >= 15 is 0 Å². The van der Waals surface area contributed by atoms with Crippen LogP contribution in [0.4, 0.5) is 11.8 Å². The van der Waals surface area contributed by atoms with Gasteiger partial charge in [-0.15, -0.1) is 5.10 Å². The molecule has 0 saturated carbocycles. The van der Waals surface area contributed by atoms with Crippen molar-refractivity contribution in [3.63, 3.8) is 0 Å². The molecule has 1 atom stereocenters. The Morgan fingerprint density at radius 2 is 1.96 bits per heavy atom. The van der Waals surface area contributed by atoms with E-state index in [9.17, 15) is 0 Å². The van der Waals surface area contributed by atoms with Crippen LogP contribution in [-0.2, 0) is 6.54 Å². The molecule has 7 heteroatoms. The molecule has 0 spiro atoms. The molecule has 0 aliphatic heterocycles. The predicted molar refractivity (Wildman–Crippen MR) is 90.1 cm³/mol. The van der Waals surface area contributed by atoms with Gasteiger partial charge in [-0.1, -0.05) is 13.0 Å². The highest BCUT2D eigenvalue weighted by atomic mass is 16.5. The van der Waals surface area contributed by atoms with E-state index in [1.165, 1.54) is 0 Å². The number of benzene rings is 1. The second-order valence-electron chi connectivity index (χ2n) is 5.16. The van der Waals surface area contributed by atoms with Crippen LogP contribution in [0, 0.1) is 0 Å². The Morgan fingerprint density at radius 1 is 1.17 bits per heavy atom. The Balaban J connectivity index is 2.02. The van der Waals surface area contributed by atoms with Gasteiger partial charge in [-0.05, 0) is 31.0 Å². The lowest BCUT2D eigenvalue weighted by Gasteiger charge is -2.12. The third kappa shape index (κ3) is 4.70. The van der Waals surface area contributed by atoms with Crippen LogP contribution in [0.2, 0.25) is 0 Å². The number of nitrogens with zero attached hydrogens (tertiary/aromatic N) is 3. The monoisotopic (exact) mass is 317 g/mol. The summed E-state index contributed by atoms with van der Waals surface area (Å²) in [5.41, 5.74) is 1.03. The third-order valence-electron chi connectivity index (χ3n) is 3.46. The fourth-order valence-corrected chi connectivity index (χ4v) is 1.97. The van der Waals surface area contributed by atoms with Gasteiger partial charge in [-0.25, -0.2) is 0 Å².